The average molecular weight is 363 g/mol. The van der Waals surface area contributed by atoms with Crippen LogP contribution in [0, 0.1) is 10.1 Å². The van der Waals surface area contributed by atoms with Gasteiger partial charge in [0.05, 0.1) is 12.0 Å². The van der Waals surface area contributed by atoms with Gasteiger partial charge in [-0.05, 0) is 30.3 Å². The molecule has 9 heteroatoms. The number of carbonyl (C=O) groups excluding carboxylic acids is 1. The third kappa shape index (κ3) is 5.35. The van der Waals surface area contributed by atoms with E-state index in [2.05, 4.69) is 4.74 Å². The molecule has 0 amide bonds. The van der Waals surface area contributed by atoms with Crippen molar-refractivity contribution in [2.24, 2.45) is 0 Å². The van der Waals surface area contributed by atoms with Crippen molar-refractivity contribution >= 4 is 11.7 Å². The molecular formula is C17H17NO8. The summed E-state index contributed by atoms with van der Waals surface area (Å²) in [5, 5.41) is 11.2. The molecule has 0 saturated heterocycles. The summed E-state index contributed by atoms with van der Waals surface area (Å²) >= 11 is 0. The van der Waals surface area contributed by atoms with Gasteiger partial charge in [0.1, 0.15) is 17.2 Å². The fourth-order valence-corrected chi connectivity index (χ4v) is 1.88. The molecule has 0 radical (unpaired) electrons. The molecule has 0 unspecified atom stereocenters. The maximum absolute atomic E-state index is 11.2. The van der Waals surface area contributed by atoms with Gasteiger partial charge in [0.25, 0.3) is 0 Å². The van der Waals surface area contributed by atoms with E-state index in [-0.39, 0.29) is 24.8 Å². The first kappa shape index (κ1) is 19.0. The predicted octanol–water partition coefficient (Wildman–Crippen LogP) is 2.92. The van der Waals surface area contributed by atoms with Crippen LogP contribution in [0.1, 0.15) is 0 Å². The third-order valence-corrected chi connectivity index (χ3v) is 3.11. The van der Waals surface area contributed by atoms with Crippen LogP contribution in [0.3, 0.4) is 0 Å². The summed E-state index contributed by atoms with van der Waals surface area (Å²) < 4.78 is 25.3. The molecule has 0 fully saturated rings. The van der Waals surface area contributed by atoms with E-state index >= 15 is 0 Å². The summed E-state index contributed by atoms with van der Waals surface area (Å²) in [6, 6.07) is 10.4. The van der Waals surface area contributed by atoms with Crippen molar-refractivity contribution in [1.82, 2.24) is 0 Å². The second-order valence-corrected chi connectivity index (χ2v) is 4.88. The fourth-order valence-electron chi connectivity index (χ4n) is 1.88. The maximum atomic E-state index is 11.2. The van der Waals surface area contributed by atoms with Gasteiger partial charge in [0.15, 0.2) is 13.4 Å². The van der Waals surface area contributed by atoms with Crippen molar-refractivity contribution in [3.63, 3.8) is 0 Å². The lowest BCUT2D eigenvalue weighted by molar-refractivity contribution is -0.385. The summed E-state index contributed by atoms with van der Waals surface area (Å²) in [7, 11) is 2.73. The Morgan fingerprint density at radius 2 is 1.65 bits per heavy atom. The van der Waals surface area contributed by atoms with Crippen molar-refractivity contribution in [2.45, 2.75) is 0 Å². The zero-order valence-corrected chi connectivity index (χ0v) is 14.2. The quantitative estimate of drug-likeness (QED) is 0.290. The summed E-state index contributed by atoms with van der Waals surface area (Å²) in [4.78, 5) is 21.7. The molecule has 0 atom stereocenters. The summed E-state index contributed by atoms with van der Waals surface area (Å²) in [5.41, 5.74) is -0.208. The minimum Gasteiger partial charge on any atom is -0.482 e. The van der Waals surface area contributed by atoms with Crippen LogP contribution in [0.5, 0.6) is 23.0 Å². The molecule has 0 saturated carbocycles. The first-order chi connectivity index (χ1) is 12.5. The number of nitro benzene ring substituents is 1. The van der Waals surface area contributed by atoms with E-state index in [0.717, 1.165) is 0 Å². The number of rotatable bonds is 9. The van der Waals surface area contributed by atoms with E-state index in [0.29, 0.717) is 17.2 Å². The van der Waals surface area contributed by atoms with Gasteiger partial charge >= 0.3 is 11.7 Å². The van der Waals surface area contributed by atoms with Gasteiger partial charge in [0.2, 0.25) is 5.75 Å². The van der Waals surface area contributed by atoms with Crippen LogP contribution in [-0.2, 0) is 14.3 Å². The van der Waals surface area contributed by atoms with Gasteiger partial charge in [-0.15, -0.1) is 0 Å². The van der Waals surface area contributed by atoms with Crippen molar-refractivity contribution < 1.29 is 33.4 Å². The van der Waals surface area contributed by atoms with Gasteiger partial charge in [-0.3, -0.25) is 10.1 Å². The Hall–Kier alpha value is -3.33. The summed E-state index contributed by atoms with van der Waals surface area (Å²) in [6.07, 6.45) is 0. The van der Waals surface area contributed by atoms with Gasteiger partial charge in [-0.1, -0.05) is 0 Å². The minimum absolute atomic E-state index is 0.00345. The molecular weight excluding hydrogens is 346 g/mol. The Morgan fingerprint density at radius 1 is 1.00 bits per heavy atom. The molecule has 0 aliphatic rings. The number of benzene rings is 2. The number of esters is 1. The Morgan fingerprint density at radius 3 is 2.27 bits per heavy atom. The van der Waals surface area contributed by atoms with E-state index in [1.165, 1.54) is 32.4 Å². The smallest absolute Gasteiger partial charge is 0.343 e. The van der Waals surface area contributed by atoms with Gasteiger partial charge in [-0.25, -0.2) is 4.79 Å². The predicted molar refractivity (Wildman–Crippen MR) is 89.6 cm³/mol. The van der Waals surface area contributed by atoms with Crippen molar-refractivity contribution in [2.75, 3.05) is 27.6 Å². The van der Waals surface area contributed by atoms with Crippen molar-refractivity contribution in [3.8, 4) is 23.0 Å². The lowest BCUT2D eigenvalue weighted by Crippen LogP contribution is -2.12. The lowest BCUT2D eigenvalue weighted by atomic mass is 10.2. The Labute approximate surface area is 149 Å². The topological polar surface area (TPSA) is 106 Å². The molecule has 0 bridgehead atoms. The second-order valence-electron chi connectivity index (χ2n) is 4.88. The highest BCUT2D eigenvalue weighted by molar-refractivity contribution is 5.70. The van der Waals surface area contributed by atoms with E-state index in [4.69, 9.17) is 18.9 Å². The van der Waals surface area contributed by atoms with Crippen molar-refractivity contribution in [1.29, 1.82) is 0 Å². The number of hydrogen-bond donors (Lipinski definition) is 0. The average Bonchev–Trinajstić information content (AvgIpc) is 2.65. The van der Waals surface area contributed by atoms with Gasteiger partial charge < -0.3 is 23.7 Å². The SMILES string of the molecule is COCOc1ccc([N+](=O)[O-])c(Oc2ccc(OCC(=O)OC)cc2)c1. The molecule has 26 heavy (non-hydrogen) atoms. The maximum Gasteiger partial charge on any atom is 0.343 e. The van der Waals surface area contributed by atoms with E-state index in [9.17, 15) is 14.9 Å². The Kier molecular flexibility index (Phi) is 6.75. The monoisotopic (exact) mass is 363 g/mol. The van der Waals surface area contributed by atoms with E-state index < -0.39 is 10.9 Å². The molecule has 2 aromatic carbocycles. The highest BCUT2D eigenvalue weighted by Gasteiger charge is 2.17. The molecule has 0 N–H and O–H groups in total. The molecule has 0 heterocycles. The van der Waals surface area contributed by atoms with Gasteiger partial charge in [-0.2, -0.15) is 0 Å². The number of methoxy groups -OCH3 is 2. The normalized spacial score (nSPS) is 10.1. The molecule has 2 rings (SSSR count). The van der Waals surface area contributed by atoms with Crippen LogP contribution in [0.15, 0.2) is 42.5 Å². The van der Waals surface area contributed by atoms with Crippen LogP contribution in [-0.4, -0.2) is 38.5 Å². The summed E-state index contributed by atoms with van der Waals surface area (Å²) in [6.45, 7) is -0.218. The minimum atomic E-state index is -0.552. The standard InChI is InChI=1S/C17H17NO8/c1-22-11-25-14-7-8-15(18(20)21)16(9-14)26-13-5-3-12(4-6-13)24-10-17(19)23-2/h3-9H,10-11H2,1-2H3. The Balaban J connectivity index is 2.13. The van der Waals surface area contributed by atoms with E-state index in [1.54, 1.807) is 24.3 Å². The third-order valence-electron chi connectivity index (χ3n) is 3.11. The van der Waals surface area contributed by atoms with Crippen LogP contribution in [0.25, 0.3) is 0 Å². The van der Waals surface area contributed by atoms with Crippen molar-refractivity contribution in [3.05, 3.63) is 52.6 Å². The molecule has 138 valence electrons. The number of carbonyl (C=O) groups is 1. The molecule has 2 aromatic rings. The Bertz CT molecular complexity index is 760. The number of nitrogens with zero attached hydrogens (tertiary/aromatic N) is 1. The fraction of sp³-hybridized carbons (Fsp3) is 0.235. The van der Waals surface area contributed by atoms with E-state index in [1.807, 2.05) is 0 Å². The van der Waals surface area contributed by atoms with Crippen LogP contribution in [0.2, 0.25) is 0 Å². The molecule has 0 spiro atoms. The number of nitro groups is 1. The second kappa shape index (κ2) is 9.23. The molecule has 0 aliphatic heterocycles. The first-order valence-electron chi connectivity index (χ1n) is 7.41. The highest BCUT2D eigenvalue weighted by Crippen LogP contribution is 2.35. The number of ether oxygens (including phenoxy) is 5. The number of hydrogen-bond acceptors (Lipinski definition) is 8. The molecule has 0 aliphatic carbocycles. The lowest BCUT2D eigenvalue weighted by Gasteiger charge is -2.10. The van der Waals surface area contributed by atoms with Crippen LogP contribution < -0.4 is 14.2 Å². The molecule has 0 aromatic heterocycles. The largest absolute Gasteiger partial charge is 0.482 e. The van der Waals surface area contributed by atoms with Crippen LogP contribution in [0.4, 0.5) is 5.69 Å². The first-order valence-corrected chi connectivity index (χ1v) is 7.41. The highest BCUT2D eigenvalue weighted by atomic mass is 16.7. The zero-order chi connectivity index (χ0) is 18.9. The van der Waals surface area contributed by atoms with Gasteiger partial charge in [0, 0.05) is 19.2 Å². The van der Waals surface area contributed by atoms with Crippen LogP contribution >= 0.6 is 0 Å². The zero-order valence-electron chi connectivity index (χ0n) is 14.2. The summed E-state index contributed by atoms with van der Waals surface area (Å²) in [5.74, 6) is 0.656. The molecule has 9 nitrogen and oxygen atoms in total.